The van der Waals surface area contributed by atoms with Gasteiger partial charge in [0.05, 0.1) is 0 Å². The number of nitrogens with zero attached hydrogens (tertiary/aromatic N) is 1. The van der Waals surface area contributed by atoms with Crippen molar-refractivity contribution in [3.05, 3.63) is 60.7 Å². The number of hydrogen-bond donors (Lipinski definition) is 0. The van der Waals surface area contributed by atoms with Crippen LogP contribution < -0.4 is 0 Å². The van der Waals surface area contributed by atoms with Crippen molar-refractivity contribution in [3.63, 3.8) is 0 Å². The molecule has 0 fully saturated rings. The average Bonchev–Trinajstić information content (AvgIpc) is 2.82. The second-order valence-electron chi connectivity index (χ2n) is 3.74. The highest BCUT2D eigenvalue weighted by Crippen LogP contribution is 2.27. The Bertz CT molecular complexity index is 649. The Balaban J connectivity index is 2.23. The Morgan fingerprint density at radius 2 is 1.76 bits per heavy atom. The molecule has 0 spiro atoms. The number of para-hydroxylation sites is 2. The lowest BCUT2D eigenvalue weighted by Gasteiger charge is -1.99. The summed E-state index contributed by atoms with van der Waals surface area (Å²) in [4.78, 5) is 4.45. The van der Waals surface area contributed by atoms with Crippen molar-refractivity contribution in [1.82, 2.24) is 4.98 Å². The number of hydrogen-bond acceptors (Lipinski definition) is 2. The molecule has 0 atom stereocenters. The molecule has 0 saturated heterocycles. The average molecular weight is 220 g/mol. The van der Waals surface area contributed by atoms with E-state index in [0.717, 1.165) is 22.2 Å². The van der Waals surface area contributed by atoms with E-state index in [4.69, 9.17) is 11.0 Å². The normalized spacial score (nSPS) is 10.6. The van der Waals surface area contributed by atoms with Crippen molar-refractivity contribution in [1.29, 1.82) is 0 Å². The molecule has 0 saturated carbocycles. The molecule has 0 aliphatic heterocycles. The van der Waals surface area contributed by atoms with Crippen LogP contribution in [-0.4, -0.2) is 4.98 Å². The lowest BCUT2D eigenvalue weighted by atomic mass is 10.1. The minimum atomic E-state index is 0.600. The summed E-state index contributed by atoms with van der Waals surface area (Å²) in [6.07, 6.45) is 1.56. The summed E-state index contributed by atoms with van der Waals surface area (Å²) in [7, 11) is 0. The van der Waals surface area contributed by atoms with Gasteiger partial charge in [0.25, 0.3) is 0 Å². The minimum Gasteiger partial charge on any atom is -0.436 e. The highest BCUT2D eigenvalue weighted by Gasteiger charge is 2.09. The zero-order valence-electron chi connectivity index (χ0n) is 9.13. The molecule has 0 bridgehead atoms. The van der Waals surface area contributed by atoms with Crippen LogP contribution in [0, 0.1) is 6.58 Å². The molecule has 2 heteroatoms. The lowest BCUT2D eigenvalue weighted by Crippen LogP contribution is -1.81. The largest absolute Gasteiger partial charge is 0.436 e. The molecule has 2 aromatic carbocycles. The van der Waals surface area contributed by atoms with Gasteiger partial charge >= 0.3 is 0 Å². The molecule has 0 aliphatic rings. The molecule has 1 heterocycles. The van der Waals surface area contributed by atoms with Gasteiger partial charge in [-0.25, -0.2) is 4.98 Å². The van der Waals surface area contributed by atoms with Crippen molar-refractivity contribution in [2.75, 3.05) is 0 Å². The van der Waals surface area contributed by atoms with Crippen LogP contribution in [-0.2, 0) is 0 Å². The molecule has 2 nitrogen and oxygen atoms in total. The van der Waals surface area contributed by atoms with E-state index in [0.29, 0.717) is 5.89 Å². The third-order valence-electron chi connectivity index (χ3n) is 2.66. The van der Waals surface area contributed by atoms with E-state index >= 15 is 0 Å². The third kappa shape index (κ3) is 1.64. The minimum absolute atomic E-state index is 0.600. The molecule has 0 amide bonds. The Morgan fingerprint density at radius 3 is 2.59 bits per heavy atom. The van der Waals surface area contributed by atoms with E-state index in [2.05, 4.69) is 4.98 Å². The highest BCUT2D eigenvalue weighted by atomic mass is 16.3. The van der Waals surface area contributed by atoms with Crippen molar-refractivity contribution < 1.29 is 4.42 Å². The fourth-order valence-electron chi connectivity index (χ4n) is 1.82. The summed E-state index contributed by atoms with van der Waals surface area (Å²) in [6.45, 7) is 5.59. The molecule has 0 aliphatic carbocycles. The summed E-state index contributed by atoms with van der Waals surface area (Å²) in [6, 6.07) is 15.5. The molecule has 0 unspecified atom stereocenters. The number of aromatic nitrogens is 1. The molecular weight excluding hydrogens is 210 g/mol. The van der Waals surface area contributed by atoms with Crippen molar-refractivity contribution in [3.8, 4) is 11.5 Å². The molecule has 0 N–H and O–H groups in total. The molecule has 17 heavy (non-hydrogen) atoms. The van der Waals surface area contributed by atoms with Crippen LogP contribution in [0.15, 0.2) is 52.9 Å². The topological polar surface area (TPSA) is 26.0 Å². The number of fused-ring (bicyclic) bond motifs is 1. The van der Waals surface area contributed by atoms with Gasteiger partial charge < -0.3 is 4.42 Å². The summed E-state index contributed by atoms with van der Waals surface area (Å²) in [5.41, 5.74) is 3.47. The summed E-state index contributed by atoms with van der Waals surface area (Å²) < 4.78 is 5.71. The Hall–Kier alpha value is -2.35. The van der Waals surface area contributed by atoms with Crippen LogP contribution in [0.3, 0.4) is 0 Å². The maximum Gasteiger partial charge on any atom is 0.227 e. The Kier molecular flexibility index (Phi) is 2.26. The van der Waals surface area contributed by atoms with Crippen molar-refractivity contribution in [2.24, 2.45) is 0 Å². The van der Waals surface area contributed by atoms with Gasteiger partial charge in [0, 0.05) is 5.56 Å². The van der Waals surface area contributed by atoms with Crippen LogP contribution in [0.1, 0.15) is 5.56 Å². The van der Waals surface area contributed by atoms with Gasteiger partial charge in [-0.2, -0.15) is 0 Å². The molecule has 1 radical (unpaired) electrons. The summed E-state index contributed by atoms with van der Waals surface area (Å²) in [5, 5.41) is 0. The maximum absolute atomic E-state index is 5.71. The first-order valence-corrected chi connectivity index (χ1v) is 5.38. The first-order valence-electron chi connectivity index (χ1n) is 5.38. The van der Waals surface area contributed by atoms with Gasteiger partial charge in [-0.15, -0.1) is 0 Å². The van der Waals surface area contributed by atoms with E-state index in [-0.39, 0.29) is 0 Å². The fraction of sp³-hybridized carbons (Fsp3) is 0. The van der Waals surface area contributed by atoms with Crippen LogP contribution in [0.2, 0.25) is 0 Å². The van der Waals surface area contributed by atoms with Crippen LogP contribution >= 0.6 is 0 Å². The van der Waals surface area contributed by atoms with E-state index in [1.54, 1.807) is 6.08 Å². The third-order valence-corrected chi connectivity index (χ3v) is 2.66. The maximum atomic E-state index is 5.71. The fourth-order valence-corrected chi connectivity index (χ4v) is 1.82. The second kappa shape index (κ2) is 3.91. The number of oxazole rings is 1. The van der Waals surface area contributed by atoms with Gasteiger partial charge in [-0.1, -0.05) is 43.0 Å². The number of benzene rings is 2. The zero-order valence-corrected chi connectivity index (χ0v) is 9.13. The highest BCUT2D eigenvalue weighted by molar-refractivity contribution is 5.78. The first kappa shape index (κ1) is 9.85. The molecule has 3 rings (SSSR count). The Morgan fingerprint density at radius 1 is 1.00 bits per heavy atom. The quantitative estimate of drug-likeness (QED) is 0.653. The van der Waals surface area contributed by atoms with Gasteiger partial charge in [0.2, 0.25) is 5.89 Å². The van der Waals surface area contributed by atoms with Gasteiger partial charge in [0.15, 0.2) is 5.58 Å². The SMILES string of the molecule is [CH]=Cc1ccccc1-c1nc2ccccc2o1. The Labute approximate surface area is 99.2 Å². The lowest BCUT2D eigenvalue weighted by molar-refractivity contribution is 0.619. The van der Waals surface area contributed by atoms with Gasteiger partial charge in [0.1, 0.15) is 5.52 Å². The van der Waals surface area contributed by atoms with E-state index < -0.39 is 0 Å². The summed E-state index contributed by atoms with van der Waals surface area (Å²) >= 11 is 0. The predicted molar refractivity (Wildman–Crippen MR) is 68.2 cm³/mol. The van der Waals surface area contributed by atoms with Crippen LogP contribution in [0.4, 0.5) is 0 Å². The van der Waals surface area contributed by atoms with Crippen molar-refractivity contribution in [2.45, 2.75) is 0 Å². The molecule has 81 valence electrons. The molecule has 3 aromatic rings. The van der Waals surface area contributed by atoms with Crippen LogP contribution in [0.25, 0.3) is 28.6 Å². The zero-order chi connectivity index (χ0) is 11.7. The number of rotatable bonds is 2. The van der Waals surface area contributed by atoms with E-state index in [9.17, 15) is 0 Å². The van der Waals surface area contributed by atoms with E-state index in [1.807, 2.05) is 48.5 Å². The van der Waals surface area contributed by atoms with Gasteiger partial charge in [-0.05, 0) is 23.8 Å². The first-order chi connectivity index (χ1) is 8.38. The summed E-state index contributed by atoms with van der Waals surface area (Å²) in [5.74, 6) is 0.600. The smallest absolute Gasteiger partial charge is 0.227 e. The van der Waals surface area contributed by atoms with Crippen LogP contribution in [0.5, 0.6) is 0 Å². The monoisotopic (exact) mass is 220 g/mol. The van der Waals surface area contributed by atoms with Gasteiger partial charge in [-0.3, -0.25) is 0 Å². The molecule has 1 aromatic heterocycles. The molecular formula is C15H10NO. The van der Waals surface area contributed by atoms with Crippen molar-refractivity contribution >= 4 is 17.2 Å². The predicted octanol–water partition coefficient (Wildman–Crippen LogP) is 3.94. The van der Waals surface area contributed by atoms with E-state index in [1.165, 1.54) is 0 Å². The second-order valence-corrected chi connectivity index (χ2v) is 3.74. The standard InChI is InChI=1S/C15H10NO/c1-2-11-7-3-4-8-12(11)15-16-13-9-5-6-10-14(13)17-15/h1-10H.